The van der Waals surface area contributed by atoms with Crippen molar-refractivity contribution in [2.75, 3.05) is 6.54 Å². The molecule has 0 spiro atoms. The van der Waals surface area contributed by atoms with Crippen molar-refractivity contribution in [1.82, 2.24) is 5.32 Å². The van der Waals surface area contributed by atoms with Crippen molar-refractivity contribution in [3.63, 3.8) is 0 Å². The number of aryl methyl sites for hydroxylation is 1. The molecular weight excluding hydrogens is 274 g/mol. The van der Waals surface area contributed by atoms with E-state index < -0.39 is 0 Å². The second-order valence-corrected chi connectivity index (χ2v) is 6.08. The molecule has 1 heterocycles. The first-order valence-corrected chi connectivity index (χ1v) is 7.99. The molecule has 1 atom stereocenters. The molecule has 19 heavy (non-hydrogen) atoms. The van der Waals surface area contributed by atoms with Gasteiger partial charge in [0, 0.05) is 10.9 Å². The predicted molar refractivity (Wildman–Crippen MR) is 85.2 cm³/mol. The highest BCUT2D eigenvalue weighted by Crippen LogP contribution is 2.34. The molecule has 1 aromatic heterocycles. The zero-order chi connectivity index (χ0) is 13.7. The van der Waals surface area contributed by atoms with E-state index in [4.69, 9.17) is 11.6 Å². The van der Waals surface area contributed by atoms with Crippen LogP contribution in [0.4, 0.5) is 0 Å². The van der Waals surface area contributed by atoms with Crippen molar-refractivity contribution in [2.45, 2.75) is 32.7 Å². The molecule has 0 bridgehead atoms. The fourth-order valence-corrected chi connectivity index (χ4v) is 3.51. The molecule has 0 aliphatic carbocycles. The lowest BCUT2D eigenvalue weighted by atomic mass is 10.0. The van der Waals surface area contributed by atoms with Crippen LogP contribution in [0.25, 0.3) is 0 Å². The Morgan fingerprint density at radius 3 is 2.58 bits per heavy atom. The summed E-state index contributed by atoms with van der Waals surface area (Å²) in [5, 5.41) is 6.68. The maximum atomic E-state index is 6.42. The van der Waals surface area contributed by atoms with Gasteiger partial charge in [-0.25, -0.2) is 0 Å². The topological polar surface area (TPSA) is 12.0 Å². The molecule has 1 N–H and O–H groups in total. The smallest absolute Gasteiger partial charge is 0.0590 e. The van der Waals surface area contributed by atoms with E-state index in [1.807, 2.05) is 0 Å². The minimum atomic E-state index is 0.313. The monoisotopic (exact) mass is 293 g/mol. The van der Waals surface area contributed by atoms with Crippen LogP contribution in [0.3, 0.4) is 0 Å². The molecule has 0 fully saturated rings. The summed E-state index contributed by atoms with van der Waals surface area (Å²) in [6, 6.07) is 10.9. The van der Waals surface area contributed by atoms with Crippen LogP contribution in [0.2, 0.25) is 5.02 Å². The molecule has 0 saturated carbocycles. The summed E-state index contributed by atoms with van der Waals surface area (Å²) >= 11 is 8.18. The SMILES string of the molecule is CCCNC(Cc1ccccc1)c1scc(C)c1Cl. The van der Waals surface area contributed by atoms with Gasteiger partial charge >= 0.3 is 0 Å². The first kappa shape index (κ1) is 14.6. The molecule has 102 valence electrons. The van der Waals surface area contributed by atoms with E-state index in [2.05, 4.69) is 54.9 Å². The summed E-state index contributed by atoms with van der Waals surface area (Å²) in [6.45, 7) is 5.28. The standard InChI is InChI=1S/C16H20ClNS/c1-3-9-18-14(10-13-7-5-4-6-8-13)16-15(17)12(2)11-19-16/h4-8,11,14,18H,3,9-10H2,1-2H3. The molecule has 3 heteroatoms. The van der Waals surface area contributed by atoms with E-state index in [1.54, 1.807) is 11.3 Å². The van der Waals surface area contributed by atoms with Gasteiger partial charge in [-0.05, 0) is 42.8 Å². The van der Waals surface area contributed by atoms with E-state index >= 15 is 0 Å². The fraction of sp³-hybridized carbons (Fsp3) is 0.375. The Morgan fingerprint density at radius 1 is 1.26 bits per heavy atom. The number of hydrogen-bond acceptors (Lipinski definition) is 2. The fourth-order valence-electron chi connectivity index (χ4n) is 2.11. The number of hydrogen-bond donors (Lipinski definition) is 1. The van der Waals surface area contributed by atoms with Gasteiger partial charge in [0.15, 0.2) is 0 Å². The van der Waals surface area contributed by atoms with Gasteiger partial charge in [-0.2, -0.15) is 0 Å². The van der Waals surface area contributed by atoms with Gasteiger partial charge in [0.05, 0.1) is 5.02 Å². The Morgan fingerprint density at radius 2 is 2.00 bits per heavy atom. The van der Waals surface area contributed by atoms with Crippen LogP contribution in [0.1, 0.15) is 35.4 Å². The van der Waals surface area contributed by atoms with Crippen molar-refractivity contribution < 1.29 is 0 Å². The summed E-state index contributed by atoms with van der Waals surface area (Å²) in [7, 11) is 0. The van der Waals surface area contributed by atoms with Crippen LogP contribution in [-0.4, -0.2) is 6.54 Å². The summed E-state index contributed by atoms with van der Waals surface area (Å²) in [5.41, 5.74) is 2.52. The van der Waals surface area contributed by atoms with Gasteiger partial charge in [0.25, 0.3) is 0 Å². The minimum Gasteiger partial charge on any atom is -0.309 e. The molecule has 2 rings (SSSR count). The van der Waals surface area contributed by atoms with Crippen molar-refractivity contribution in [2.24, 2.45) is 0 Å². The average molecular weight is 294 g/mol. The van der Waals surface area contributed by atoms with Crippen molar-refractivity contribution in [3.05, 3.63) is 56.7 Å². The first-order chi connectivity index (χ1) is 9.22. The average Bonchev–Trinajstić information content (AvgIpc) is 2.76. The number of nitrogens with one attached hydrogen (secondary N) is 1. The summed E-state index contributed by atoms with van der Waals surface area (Å²) in [4.78, 5) is 1.26. The molecule has 0 saturated heterocycles. The lowest BCUT2D eigenvalue weighted by Crippen LogP contribution is -2.23. The van der Waals surface area contributed by atoms with Crippen LogP contribution >= 0.6 is 22.9 Å². The van der Waals surface area contributed by atoms with E-state index in [9.17, 15) is 0 Å². The lowest BCUT2D eigenvalue weighted by Gasteiger charge is -2.18. The van der Waals surface area contributed by atoms with Gasteiger partial charge < -0.3 is 5.32 Å². The predicted octanol–water partition coefficient (Wildman–Crippen LogP) is 4.99. The second-order valence-electron chi connectivity index (χ2n) is 4.79. The molecule has 0 radical (unpaired) electrons. The normalized spacial score (nSPS) is 12.6. The molecule has 0 amide bonds. The van der Waals surface area contributed by atoms with Crippen LogP contribution < -0.4 is 5.32 Å². The minimum absolute atomic E-state index is 0.313. The van der Waals surface area contributed by atoms with Gasteiger partial charge in [-0.3, -0.25) is 0 Å². The van der Waals surface area contributed by atoms with E-state index in [1.165, 1.54) is 16.0 Å². The Bertz CT molecular complexity index is 507. The molecule has 0 aliphatic rings. The molecule has 2 aromatic rings. The summed E-state index contributed by atoms with van der Waals surface area (Å²) < 4.78 is 0. The van der Waals surface area contributed by atoms with Gasteiger partial charge in [-0.1, -0.05) is 48.9 Å². The van der Waals surface area contributed by atoms with Crippen molar-refractivity contribution >= 4 is 22.9 Å². The van der Waals surface area contributed by atoms with Gasteiger partial charge in [-0.15, -0.1) is 11.3 Å². The third kappa shape index (κ3) is 3.82. The highest BCUT2D eigenvalue weighted by atomic mass is 35.5. The molecule has 1 unspecified atom stereocenters. The number of benzene rings is 1. The number of halogens is 1. The molecular formula is C16H20ClNS. The lowest BCUT2D eigenvalue weighted by molar-refractivity contribution is 0.536. The Hall–Kier alpha value is -0.830. The van der Waals surface area contributed by atoms with Crippen LogP contribution in [0, 0.1) is 6.92 Å². The quantitative estimate of drug-likeness (QED) is 0.791. The summed E-state index contributed by atoms with van der Waals surface area (Å²) in [6.07, 6.45) is 2.12. The van der Waals surface area contributed by atoms with E-state index in [0.29, 0.717) is 6.04 Å². The highest BCUT2D eigenvalue weighted by Gasteiger charge is 2.17. The number of thiophene rings is 1. The van der Waals surface area contributed by atoms with Gasteiger partial charge in [0.1, 0.15) is 0 Å². The Labute approximate surface area is 124 Å². The number of rotatable bonds is 6. The Kier molecular flexibility index (Phi) is 5.44. The summed E-state index contributed by atoms with van der Waals surface area (Å²) in [5.74, 6) is 0. The first-order valence-electron chi connectivity index (χ1n) is 6.73. The van der Waals surface area contributed by atoms with Crippen molar-refractivity contribution in [3.8, 4) is 0 Å². The largest absolute Gasteiger partial charge is 0.309 e. The van der Waals surface area contributed by atoms with Gasteiger partial charge in [0.2, 0.25) is 0 Å². The molecule has 1 nitrogen and oxygen atoms in total. The second kappa shape index (κ2) is 7.09. The van der Waals surface area contributed by atoms with E-state index in [-0.39, 0.29) is 0 Å². The third-order valence-electron chi connectivity index (χ3n) is 3.17. The zero-order valence-corrected chi connectivity index (χ0v) is 13.0. The molecule has 1 aromatic carbocycles. The third-order valence-corrected chi connectivity index (χ3v) is 4.99. The maximum absolute atomic E-state index is 6.42. The van der Waals surface area contributed by atoms with Crippen LogP contribution in [-0.2, 0) is 6.42 Å². The van der Waals surface area contributed by atoms with Crippen molar-refractivity contribution in [1.29, 1.82) is 0 Å². The molecule has 0 aliphatic heterocycles. The Balaban J connectivity index is 2.18. The highest BCUT2D eigenvalue weighted by molar-refractivity contribution is 7.10. The van der Waals surface area contributed by atoms with Crippen LogP contribution in [0.5, 0.6) is 0 Å². The maximum Gasteiger partial charge on any atom is 0.0590 e. The zero-order valence-electron chi connectivity index (χ0n) is 11.4. The van der Waals surface area contributed by atoms with Crippen LogP contribution in [0.15, 0.2) is 35.7 Å². The van der Waals surface area contributed by atoms with E-state index in [0.717, 1.165) is 24.4 Å².